The number of nitriles is 1. The molecule has 0 spiro atoms. The zero-order valence-corrected chi connectivity index (χ0v) is 17.6. The van der Waals surface area contributed by atoms with E-state index in [-0.39, 0.29) is 0 Å². The average molecular weight is 431 g/mol. The van der Waals surface area contributed by atoms with E-state index in [1.165, 1.54) is 0 Å². The van der Waals surface area contributed by atoms with Crippen molar-refractivity contribution >= 4 is 23.1 Å². The predicted molar refractivity (Wildman–Crippen MR) is 119 cm³/mol. The zero-order valence-electron chi connectivity index (χ0n) is 16.8. The Hall–Kier alpha value is -3.47. The summed E-state index contributed by atoms with van der Waals surface area (Å²) in [7, 11) is 0. The molecule has 5 rings (SSSR count). The fourth-order valence-electron chi connectivity index (χ4n) is 3.58. The van der Waals surface area contributed by atoms with Gasteiger partial charge in [0.05, 0.1) is 22.8 Å². The SMILES string of the molecule is Cc1cc(-c2c(-c3cccc(C#N)c3)nn3ccc(NCC4(O)CC4)nc23)cc(Cl)n1. The Morgan fingerprint density at radius 3 is 2.77 bits per heavy atom. The smallest absolute Gasteiger partial charge is 0.165 e. The Morgan fingerprint density at radius 2 is 2.03 bits per heavy atom. The minimum atomic E-state index is -0.629. The molecule has 1 aliphatic rings. The van der Waals surface area contributed by atoms with Crippen LogP contribution in [0.3, 0.4) is 0 Å². The van der Waals surface area contributed by atoms with E-state index in [0.717, 1.165) is 35.2 Å². The van der Waals surface area contributed by atoms with Crippen molar-refractivity contribution in [3.05, 3.63) is 65.1 Å². The number of anilines is 1. The Bertz CT molecular complexity index is 1330. The Balaban J connectivity index is 1.70. The maximum absolute atomic E-state index is 10.1. The monoisotopic (exact) mass is 430 g/mol. The van der Waals surface area contributed by atoms with Crippen LogP contribution in [0.25, 0.3) is 28.0 Å². The summed E-state index contributed by atoms with van der Waals surface area (Å²) in [5.41, 5.74) is 4.51. The third-order valence-electron chi connectivity index (χ3n) is 5.39. The molecule has 4 aromatic rings. The number of nitrogens with one attached hydrogen (secondary N) is 1. The van der Waals surface area contributed by atoms with Crippen molar-refractivity contribution in [2.45, 2.75) is 25.4 Å². The van der Waals surface area contributed by atoms with E-state index < -0.39 is 5.60 Å². The molecule has 1 saturated carbocycles. The number of fused-ring (bicyclic) bond motifs is 1. The van der Waals surface area contributed by atoms with Crippen molar-refractivity contribution in [3.63, 3.8) is 0 Å². The lowest BCUT2D eigenvalue weighted by atomic mass is 10.00. The molecule has 2 N–H and O–H groups in total. The topological polar surface area (TPSA) is 99.1 Å². The van der Waals surface area contributed by atoms with Crippen LogP contribution in [0.15, 0.2) is 48.7 Å². The molecule has 8 heteroatoms. The minimum Gasteiger partial charge on any atom is -0.388 e. The molecule has 154 valence electrons. The molecule has 3 aromatic heterocycles. The van der Waals surface area contributed by atoms with Gasteiger partial charge in [-0.2, -0.15) is 10.4 Å². The van der Waals surface area contributed by atoms with Crippen LogP contribution in [0.2, 0.25) is 5.15 Å². The molecular formula is C23H19ClN6O. The quantitative estimate of drug-likeness (QED) is 0.460. The Kier molecular flexibility index (Phi) is 4.62. The van der Waals surface area contributed by atoms with Crippen molar-refractivity contribution in [1.29, 1.82) is 5.26 Å². The summed E-state index contributed by atoms with van der Waals surface area (Å²) in [6.07, 6.45) is 3.43. The van der Waals surface area contributed by atoms with Gasteiger partial charge in [0.15, 0.2) is 5.65 Å². The maximum atomic E-state index is 10.1. The van der Waals surface area contributed by atoms with E-state index in [9.17, 15) is 10.4 Å². The van der Waals surface area contributed by atoms with Crippen molar-refractivity contribution in [2.75, 3.05) is 11.9 Å². The largest absolute Gasteiger partial charge is 0.388 e. The summed E-state index contributed by atoms with van der Waals surface area (Å²) in [6, 6.07) is 15.1. The number of benzene rings is 1. The standard InChI is InChI=1S/C23H19ClN6O/c1-14-9-17(11-18(24)27-14)20-21(16-4-2-3-15(10-16)12-25)29-30-8-5-19(28-22(20)30)26-13-23(31)6-7-23/h2-5,8-11,31H,6-7,13H2,1H3,(H,26,28). The van der Waals surface area contributed by atoms with Crippen LogP contribution in [-0.2, 0) is 0 Å². The maximum Gasteiger partial charge on any atom is 0.165 e. The molecule has 1 aliphatic carbocycles. The first kappa shape index (κ1) is 19.5. The highest BCUT2D eigenvalue weighted by Crippen LogP contribution is 2.37. The van der Waals surface area contributed by atoms with E-state index in [1.807, 2.05) is 43.5 Å². The molecule has 3 heterocycles. The lowest BCUT2D eigenvalue weighted by molar-refractivity contribution is 0.164. The van der Waals surface area contributed by atoms with Crippen molar-refractivity contribution in [3.8, 4) is 28.5 Å². The highest BCUT2D eigenvalue weighted by atomic mass is 35.5. The van der Waals surface area contributed by atoms with Gasteiger partial charge in [-0.15, -0.1) is 0 Å². The van der Waals surface area contributed by atoms with E-state index in [4.69, 9.17) is 21.7 Å². The Labute approximate surface area is 184 Å². The van der Waals surface area contributed by atoms with Gasteiger partial charge < -0.3 is 10.4 Å². The van der Waals surface area contributed by atoms with Gasteiger partial charge in [-0.25, -0.2) is 14.5 Å². The van der Waals surface area contributed by atoms with Crippen molar-refractivity contribution in [1.82, 2.24) is 19.6 Å². The predicted octanol–water partition coefficient (Wildman–Crippen LogP) is 4.23. The van der Waals surface area contributed by atoms with Crippen LogP contribution in [-0.4, -0.2) is 36.8 Å². The summed E-state index contributed by atoms with van der Waals surface area (Å²) >= 11 is 6.26. The van der Waals surface area contributed by atoms with Crippen LogP contribution in [0.4, 0.5) is 5.82 Å². The summed E-state index contributed by atoms with van der Waals surface area (Å²) in [4.78, 5) is 9.05. The van der Waals surface area contributed by atoms with Crippen molar-refractivity contribution in [2.24, 2.45) is 0 Å². The van der Waals surface area contributed by atoms with Crippen LogP contribution in [0.1, 0.15) is 24.1 Å². The fourth-order valence-corrected chi connectivity index (χ4v) is 3.83. The van der Waals surface area contributed by atoms with Gasteiger partial charge in [0.1, 0.15) is 16.7 Å². The lowest BCUT2D eigenvalue weighted by Gasteiger charge is -2.10. The van der Waals surface area contributed by atoms with Gasteiger partial charge in [0.2, 0.25) is 0 Å². The summed E-state index contributed by atoms with van der Waals surface area (Å²) in [5, 5.41) is 27.8. The highest BCUT2D eigenvalue weighted by Gasteiger charge is 2.40. The molecule has 0 bridgehead atoms. The molecule has 7 nitrogen and oxygen atoms in total. The first-order valence-corrected chi connectivity index (χ1v) is 10.3. The first-order chi connectivity index (χ1) is 14.9. The number of pyridine rings is 1. The van der Waals surface area contributed by atoms with Gasteiger partial charge >= 0.3 is 0 Å². The third kappa shape index (κ3) is 3.83. The fraction of sp³-hybridized carbons (Fsp3) is 0.217. The summed E-state index contributed by atoms with van der Waals surface area (Å²) < 4.78 is 1.71. The number of halogens is 1. The first-order valence-electron chi connectivity index (χ1n) is 9.95. The molecule has 1 fully saturated rings. The lowest BCUT2D eigenvalue weighted by Crippen LogP contribution is -2.21. The third-order valence-corrected chi connectivity index (χ3v) is 5.58. The molecule has 0 unspecified atom stereocenters. The second kappa shape index (κ2) is 7.34. The van der Waals surface area contributed by atoms with E-state index in [2.05, 4.69) is 16.4 Å². The average Bonchev–Trinajstić information content (AvgIpc) is 3.37. The number of hydrogen-bond donors (Lipinski definition) is 2. The van der Waals surface area contributed by atoms with E-state index in [0.29, 0.717) is 34.4 Å². The van der Waals surface area contributed by atoms with Crippen LogP contribution in [0.5, 0.6) is 0 Å². The molecular weight excluding hydrogens is 412 g/mol. The molecule has 0 saturated heterocycles. The number of nitrogens with zero attached hydrogens (tertiary/aromatic N) is 5. The van der Waals surface area contributed by atoms with Gasteiger partial charge in [0.25, 0.3) is 0 Å². The second-order valence-corrected chi connectivity index (χ2v) is 8.28. The number of aryl methyl sites for hydroxylation is 1. The molecule has 1 aromatic carbocycles. The van der Waals surface area contributed by atoms with Gasteiger partial charge in [-0.1, -0.05) is 23.7 Å². The number of hydrogen-bond acceptors (Lipinski definition) is 6. The number of aliphatic hydroxyl groups is 1. The number of aromatic nitrogens is 4. The summed E-state index contributed by atoms with van der Waals surface area (Å²) in [5.74, 6) is 0.656. The zero-order chi connectivity index (χ0) is 21.6. The van der Waals surface area contributed by atoms with Crippen LogP contribution >= 0.6 is 11.6 Å². The second-order valence-electron chi connectivity index (χ2n) is 7.89. The van der Waals surface area contributed by atoms with Crippen LogP contribution < -0.4 is 5.32 Å². The van der Waals surface area contributed by atoms with Gasteiger partial charge in [-0.05, 0) is 55.7 Å². The Morgan fingerprint density at radius 1 is 1.19 bits per heavy atom. The number of rotatable bonds is 5. The highest BCUT2D eigenvalue weighted by molar-refractivity contribution is 6.29. The normalized spacial score (nSPS) is 14.4. The molecule has 0 amide bonds. The minimum absolute atomic E-state index is 0.385. The summed E-state index contributed by atoms with van der Waals surface area (Å²) in [6.45, 7) is 2.34. The van der Waals surface area contributed by atoms with Crippen LogP contribution in [0, 0.1) is 18.3 Å². The molecule has 0 aliphatic heterocycles. The van der Waals surface area contributed by atoms with Gasteiger partial charge in [0, 0.05) is 24.0 Å². The van der Waals surface area contributed by atoms with Crippen molar-refractivity contribution < 1.29 is 5.11 Å². The van der Waals surface area contributed by atoms with Gasteiger partial charge in [-0.3, -0.25) is 0 Å². The molecule has 0 atom stereocenters. The van der Waals surface area contributed by atoms with E-state index in [1.54, 1.807) is 16.6 Å². The molecule has 31 heavy (non-hydrogen) atoms. The molecule has 0 radical (unpaired) electrons. The van der Waals surface area contributed by atoms with E-state index >= 15 is 0 Å².